The van der Waals surface area contributed by atoms with Crippen molar-refractivity contribution in [3.63, 3.8) is 0 Å². The Morgan fingerprint density at radius 2 is 2.17 bits per heavy atom. The predicted molar refractivity (Wildman–Crippen MR) is 106 cm³/mol. The van der Waals surface area contributed by atoms with Crippen LogP contribution in [0.2, 0.25) is 0 Å². The number of guanidine groups is 1. The SMILES string of the molecule is CCNC(=NCc1ccccc1OCC(F)(F)F)N1CCOC(c2cnn(C)c2)C1. The zero-order valence-electron chi connectivity index (χ0n) is 17.0. The third-order valence-electron chi connectivity index (χ3n) is 4.56. The number of aromatic nitrogens is 2. The van der Waals surface area contributed by atoms with Crippen molar-refractivity contribution in [3.05, 3.63) is 47.8 Å². The van der Waals surface area contributed by atoms with Crippen LogP contribution in [0.25, 0.3) is 0 Å². The van der Waals surface area contributed by atoms with Gasteiger partial charge in [0.1, 0.15) is 11.9 Å². The summed E-state index contributed by atoms with van der Waals surface area (Å²) in [6, 6.07) is 6.64. The molecular weight excluding hydrogens is 399 g/mol. The molecule has 1 aromatic carbocycles. The van der Waals surface area contributed by atoms with Crippen LogP contribution in [-0.2, 0) is 18.3 Å². The maximum absolute atomic E-state index is 12.5. The quantitative estimate of drug-likeness (QED) is 0.570. The summed E-state index contributed by atoms with van der Waals surface area (Å²) in [5.41, 5.74) is 1.58. The van der Waals surface area contributed by atoms with Crippen molar-refractivity contribution in [2.45, 2.75) is 25.7 Å². The normalized spacial score (nSPS) is 17.8. The van der Waals surface area contributed by atoms with Crippen LogP contribution in [-0.4, -0.2) is 59.7 Å². The van der Waals surface area contributed by atoms with E-state index in [0.717, 1.165) is 5.56 Å². The maximum atomic E-state index is 12.5. The van der Waals surface area contributed by atoms with Gasteiger partial charge in [0.05, 0.1) is 25.9 Å². The molecule has 10 heteroatoms. The number of aryl methyl sites for hydroxylation is 1. The van der Waals surface area contributed by atoms with Gasteiger partial charge in [0.2, 0.25) is 0 Å². The van der Waals surface area contributed by atoms with Crippen molar-refractivity contribution >= 4 is 5.96 Å². The molecule has 0 radical (unpaired) electrons. The molecule has 1 atom stereocenters. The lowest BCUT2D eigenvalue weighted by molar-refractivity contribution is -0.153. The summed E-state index contributed by atoms with van der Waals surface area (Å²) in [5.74, 6) is 0.866. The third-order valence-corrected chi connectivity index (χ3v) is 4.56. The molecule has 0 saturated carbocycles. The molecule has 1 fully saturated rings. The molecule has 1 unspecified atom stereocenters. The van der Waals surface area contributed by atoms with Crippen LogP contribution < -0.4 is 10.1 Å². The van der Waals surface area contributed by atoms with Crippen LogP contribution in [0.5, 0.6) is 5.75 Å². The van der Waals surface area contributed by atoms with Crippen LogP contribution in [0.15, 0.2) is 41.7 Å². The zero-order chi connectivity index (χ0) is 21.6. The lowest BCUT2D eigenvalue weighted by Crippen LogP contribution is -2.48. The number of ether oxygens (including phenoxy) is 2. The average molecular weight is 425 g/mol. The Morgan fingerprint density at radius 1 is 1.37 bits per heavy atom. The fourth-order valence-electron chi connectivity index (χ4n) is 3.17. The van der Waals surface area contributed by atoms with Crippen LogP contribution >= 0.6 is 0 Å². The Balaban J connectivity index is 1.72. The Kier molecular flexibility index (Phi) is 7.20. The number of para-hydroxylation sites is 1. The topological polar surface area (TPSA) is 63.9 Å². The highest BCUT2D eigenvalue weighted by molar-refractivity contribution is 5.80. The number of hydrogen-bond acceptors (Lipinski definition) is 4. The number of nitrogens with one attached hydrogen (secondary N) is 1. The van der Waals surface area contributed by atoms with Gasteiger partial charge < -0.3 is 19.7 Å². The standard InChI is InChI=1S/C20H26F3N5O2/c1-3-24-19(28-8-9-29-18(13-28)16-11-26-27(2)12-16)25-10-15-6-4-5-7-17(15)30-14-20(21,22)23/h4-7,11-12,18H,3,8-10,13-14H2,1-2H3,(H,24,25). The summed E-state index contributed by atoms with van der Waals surface area (Å²) in [4.78, 5) is 6.73. The number of morpholine rings is 1. The van der Waals surface area contributed by atoms with E-state index in [2.05, 4.69) is 20.3 Å². The molecule has 3 rings (SSSR count). The number of halogens is 3. The fourth-order valence-corrected chi connectivity index (χ4v) is 3.17. The van der Waals surface area contributed by atoms with Gasteiger partial charge in [0.15, 0.2) is 12.6 Å². The van der Waals surface area contributed by atoms with Gasteiger partial charge in [-0.05, 0) is 13.0 Å². The minimum absolute atomic E-state index is 0.126. The monoisotopic (exact) mass is 425 g/mol. The van der Waals surface area contributed by atoms with Gasteiger partial charge in [-0.25, -0.2) is 4.99 Å². The van der Waals surface area contributed by atoms with Gasteiger partial charge in [-0.15, -0.1) is 0 Å². The van der Waals surface area contributed by atoms with E-state index in [9.17, 15) is 13.2 Å². The van der Waals surface area contributed by atoms with Gasteiger partial charge in [-0.3, -0.25) is 4.68 Å². The molecule has 1 aliphatic rings. The summed E-state index contributed by atoms with van der Waals surface area (Å²) in [6.45, 7) is 3.30. The van der Waals surface area contributed by atoms with E-state index >= 15 is 0 Å². The molecule has 2 aromatic rings. The van der Waals surface area contributed by atoms with E-state index in [1.165, 1.54) is 6.07 Å². The summed E-state index contributed by atoms with van der Waals surface area (Å²) in [6.07, 6.45) is -0.807. The Hall–Kier alpha value is -2.75. The van der Waals surface area contributed by atoms with Gasteiger partial charge in [0.25, 0.3) is 0 Å². The molecule has 0 bridgehead atoms. The van der Waals surface area contributed by atoms with Gasteiger partial charge in [-0.1, -0.05) is 18.2 Å². The maximum Gasteiger partial charge on any atom is 0.422 e. The molecular formula is C20H26F3N5O2. The molecule has 1 aromatic heterocycles. The largest absolute Gasteiger partial charge is 0.484 e. The molecule has 0 amide bonds. The Labute approximate surface area is 173 Å². The number of rotatable bonds is 6. The number of aliphatic imine (C=N–C) groups is 1. The first-order valence-corrected chi connectivity index (χ1v) is 9.76. The fraction of sp³-hybridized carbons (Fsp3) is 0.500. The first-order valence-electron chi connectivity index (χ1n) is 9.76. The van der Waals surface area contributed by atoms with Crippen LogP contribution in [0.1, 0.15) is 24.2 Å². The molecule has 2 heterocycles. The zero-order valence-corrected chi connectivity index (χ0v) is 17.0. The van der Waals surface area contributed by atoms with E-state index in [-0.39, 0.29) is 18.4 Å². The molecule has 164 valence electrons. The first-order chi connectivity index (χ1) is 14.4. The minimum Gasteiger partial charge on any atom is -0.484 e. The molecule has 1 N–H and O–H groups in total. The number of benzene rings is 1. The predicted octanol–water partition coefficient (Wildman–Crippen LogP) is 2.90. The lowest BCUT2D eigenvalue weighted by atomic mass is 10.1. The summed E-state index contributed by atoms with van der Waals surface area (Å²) in [5, 5.41) is 7.45. The van der Waals surface area contributed by atoms with Crippen molar-refractivity contribution in [1.82, 2.24) is 20.0 Å². The lowest BCUT2D eigenvalue weighted by Gasteiger charge is -2.34. The Bertz CT molecular complexity index is 853. The number of alkyl halides is 3. The van der Waals surface area contributed by atoms with Crippen molar-refractivity contribution in [1.29, 1.82) is 0 Å². The number of hydrogen-bond donors (Lipinski definition) is 1. The van der Waals surface area contributed by atoms with Gasteiger partial charge in [-0.2, -0.15) is 18.3 Å². The average Bonchev–Trinajstić information content (AvgIpc) is 3.16. The van der Waals surface area contributed by atoms with Crippen LogP contribution in [0.4, 0.5) is 13.2 Å². The molecule has 30 heavy (non-hydrogen) atoms. The second-order valence-electron chi connectivity index (χ2n) is 6.93. The van der Waals surface area contributed by atoms with E-state index < -0.39 is 12.8 Å². The van der Waals surface area contributed by atoms with Crippen LogP contribution in [0.3, 0.4) is 0 Å². The van der Waals surface area contributed by atoms with Crippen molar-refractivity contribution in [2.75, 3.05) is 32.8 Å². The minimum atomic E-state index is -4.39. The van der Waals surface area contributed by atoms with Gasteiger partial charge in [0, 0.05) is 37.5 Å². The van der Waals surface area contributed by atoms with Crippen LogP contribution in [0, 0.1) is 0 Å². The van der Waals surface area contributed by atoms with E-state index in [1.54, 1.807) is 29.1 Å². The van der Waals surface area contributed by atoms with E-state index in [4.69, 9.17) is 9.47 Å². The highest BCUT2D eigenvalue weighted by Crippen LogP contribution is 2.24. The van der Waals surface area contributed by atoms with Crippen molar-refractivity contribution in [2.24, 2.45) is 12.0 Å². The number of nitrogens with zero attached hydrogens (tertiary/aromatic N) is 4. The summed E-state index contributed by atoms with van der Waals surface area (Å²) < 4.78 is 50.1. The second-order valence-corrected chi connectivity index (χ2v) is 6.93. The second kappa shape index (κ2) is 9.84. The summed E-state index contributed by atoms with van der Waals surface area (Å²) in [7, 11) is 1.86. The van der Waals surface area contributed by atoms with Crippen molar-refractivity contribution < 1.29 is 22.6 Å². The first kappa shape index (κ1) is 21.9. The Morgan fingerprint density at radius 3 is 2.87 bits per heavy atom. The highest BCUT2D eigenvalue weighted by Gasteiger charge is 2.29. The van der Waals surface area contributed by atoms with Gasteiger partial charge >= 0.3 is 6.18 Å². The smallest absolute Gasteiger partial charge is 0.422 e. The molecule has 7 nitrogen and oxygen atoms in total. The van der Waals surface area contributed by atoms with E-state index in [1.807, 2.05) is 20.2 Å². The molecule has 0 aliphatic carbocycles. The highest BCUT2D eigenvalue weighted by atomic mass is 19.4. The molecule has 1 aliphatic heterocycles. The molecule has 0 spiro atoms. The third kappa shape index (κ3) is 6.12. The summed E-state index contributed by atoms with van der Waals surface area (Å²) >= 11 is 0. The molecule has 1 saturated heterocycles. The van der Waals surface area contributed by atoms with Crippen molar-refractivity contribution in [3.8, 4) is 5.75 Å². The van der Waals surface area contributed by atoms with E-state index in [0.29, 0.717) is 37.8 Å².